The van der Waals surface area contributed by atoms with Crippen LogP contribution in [0.3, 0.4) is 0 Å². The molecule has 0 spiro atoms. The first-order chi connectivity index (χ1) is 14.5. The largest absolute Gasteiger partial charge is 0.496 e. The zero-order chi connectivity index (χ0) is 21.7. The molecule has 0 aliphatic heterocycles. The Morgan fingerprint density at radius 2 is 1.57 bits per heavy atom. The van der Waals surface area contributed by atoms with Crippen LogP contribution in [0.1, 0.15) is 37.4 Å². The lowest BCUT2D eigenvalue weighted by molar-refractivity contribution is 0.0999. The Kier molecular flexibility index (Phi) is 6.32. The summed E-state index contributed by atoms with van der Waals surface area (Å²) in [6.07, 6.45) is 4.68. The SMILES string of the molecule is COc1cc(/C=C/c2cccc(-c3ccc(C(N)=O)cc3)c2C)cc(OC)c1C=O. The van der Waals surface area contributed by atoms with E-state index in [4.69, 9.17) is 15.2 Å². The highest BCUT2D eigenvalue weighted by Gasteiger charge is 2.11. The maximum absolute atomic E-state index is 11.3. The zero-order valence-corrected chi connectivity index (χ0v) is 17.1. The molecular formula is C25H23NO4. The highest BCUT2D eigenvalue weighted by Crippen LogP contribution is 2.31. The predicted octanol–water partition coefficient (Wildman–Crippen LogP) is 4.76. The van der Waals surface area contributed by atoms with Gasteiger partial charge < -0.3 is 15.2 Å². The van der Waals surface area contributed by atoms with Crippen molar-refractivity contribution in [3.63, 3.8) is 0 Å². The summed E-state index contributed by atoms with van der Waals surface area (Å²) in [5, 5.41) is 0. The highest BCUT2D eigenvalue weighted by atomic mass is 16.5. The molecule has 3 rings (SSSR count). The number of benzene rings is 3. The quantitative estimate of drug-likeness (QED) is 0.457. The molecule has 0 saturated heterocycles. The maximum Gasteiger partial charge on any atom is 0.248 e. The van der Waals surface area contributed by atoms with E-state index >= 15 is 0 Å². The van der Waals surface area contributed by atoms with E-state index in [1.807, 2.05) is 49.4 Å². The topological polar surface area (TPSA) is 78.6 Å². The van der Waals surface area contributed by atoms with Gasteiger partial charge in [-0.3, -0.25) is 9.59 Å². The van der Waals surface area contributed by atoms with Gasteiger partial charge in [0.2, 0.25) is 5.91 Å². The Bertz CT molecular complexity index is 1090. The molecule has 0 aromatic heterocycles. The number of ether oxygens (including phenoxy) is 2. The van der Waals surface area contributed by atoms with Crippen molar-refractivity contribution in [3.05, 3.63) is 82.4 Å². The second-order valence-electron chi connectivity index (χ2n) is 6.75. The number of aldehydes is 1. The molecule has 5 heteroatoms. The number of hydrogen-bond acceptors (Lipinski definition) is 4. The Labute approximate surface area is 175 Å². The number of carbonyl (C=O) groups is 2. The van der Waals surface area contributed by atoms with Gasteiger partial charge in [0, 0.05) is 5.56 Å². The first-order valence-corrected chi connectivity index (χ1v) is 9.37. The van der Waals surface area contributed by atoms with Crippen LogP contribution in [0, 0.1) is 6.92 Å². The summed E-state index contributed by atoms with van der Waals surface area (Å²) in [5.41, 5.74) is 11.3. The monoisotopic (exact) mass is 401 g/mol. The zero-order valence-electron chi connectivity index (χ0n) is 17.1. The molecule has 152 valence electrons. The average molecular weight is 401 g/mol. The van der Waals surface area contributed by atoms with Gasteiger partial charge in [-0.15, -0.1) is 0 Å². The second-order valence-corrected chi connectivity index (χ2v) is 6.75. The molecule has 0 unspecified atom stereocenters. The van der Waals surface area contributed by atoms with E-state index < -0.39 is 5.91 Å². The number of amides is 1. The van der Waals surface area contributed by atoms with Crippen LogP contribution in [-0.2, 0) is 0 Å². The van der Waals surface area contributed by atoms with Crippen molar-refractivity contribution < 1.29 is 19.1 Å². The van der Waals surface area contributed by atoms with Gasteiger partial charge in [-0.1, -0.05) is 42.5 Å². The van der Waals surface area contributed by atoms with Crippen LogP contribution in [0.2, 0.25) is 0 Å². The molecule has 3 aromatic carbocycles. The van der Waals surface area contributed by atoms with E-state index in [1.54, 1.807) is 24.3 Å². The Morgan fingerprint density at radius 1 is 0.933 bits per heavy atom. The number of nitrogens with two attached hydrogens (primary N) is 1. The van der Waals surface area contributed by atoms with Crippen LogP contribution in [0.4, 0.5) is 0 Å². The third kappa shape index (κ3) is 4.25. The predicted molar refractivity (Wildman–Crippen MR) is 119 cm³/mol. The van der Waals surface area contributed by atoms with Gasteiger partial charge >= 0.3 is 0 Å². The normalized spacial score (nSPS) is 10.8. The van der Waals surface area contributed by atoms with E-state index in [2.05, 4.69) is 0 Å². The standard InChI is InChI=1S/C25H23NO4/c1-16-18(5-4-6-21(16)19-9-11-20(12-10-19)25(26)28)8-7-17-13-23(29-2)22(15-27)24(14-17)30-3/h4-15H,1-3H3,(H2,26,28)/b8-7+. The summed E-state index contributed by atoms with van der Waals surface area (Å²) >= 11 is 0. The summed E-state index contributed by atoms with van der Waals surface area (Å²) in [7, 11) is 3.04. The van der Waals surface area contributed by atoms with Crippen LogP contribution >= 0.6 is 0 Å². The van der Waals surface area contributed by atoms with E-state index in [0.29, 0.717) is 22.6 Å². The average Bonchev–Trinajstić information content (AvgIpc) is 2.77. The second kappa shape index (κ2) is 9.09. The number of hydrogen-bond donors (Lipinski definition) is 1. The molecule has 3 aromatic rings. The number of methoxy groups -OCH3 is 2. The summed E-state index contributed by atoms with van der Waals surface area (Å²) in [6.45, 7) is 2.05. The molecular weight excluding hydrogens is 378 g/mol. The third-order valence-electron chi connectivity index (χ3n) is 5.00. The third-order valence-corrected chi connectivity index (χ3v) is 5.00. The molecule has 0 heterocycles. The Morgan fingerprint density at radius 3 is 2.10 bits per heavy atom. The van der Waals surface area contributed by atoms with Gasteiger partial charge in [-0.2, -0.15) is 0 Å². The molecule has 0 atom stereocenters. The highest BCUT2D eigenvalue weighted by molar-refractivity contribution is 5.93. The summed E-state index contributed by atoms with van der Waals surface area (Å²) in [5.74, 6) is 0.481. The number of rotatable bonds is 7. The van der Waals surface area contributed by atoms with Crippen LogP contribution in [0.25, 0.3) is 23.3 Å². The summed E-state index contributed by atoms with van der Waals surface area (Å²) in [6, 6.07) is 16.9. The van der Waals surface area contributed by atoms with Crippen LogP contribution < -0.4 is 15.2 Å². The van der Waals surface area contributed by atoms with E-state index in [1.165, 1.54) is 14.2 Å². The minimum absolute atomic E-state index is 0.384. The molecule has 0 aliphatic rings. The minimum Gasteiger partial charge on any atom is -0.496 e. The van der Waals surface area contributed by atoms with Crippen molar-refractivity contribution in [2.24, 2.45) is 5.73 Å². The summed E-state index contributed by atoms with van der Waals surface area (Å²) < 4.78 is 10.6. The molecule has 5 nitrogen and oxygen atoms in total. The lowest BCUT2D eigenvalue weighted by Gasteiger charge is -2.11. The minimum atomic E-state index is -0.443. The molecule has 0 radical (unpaired) electrons. The van der Waals surface area contributed by atoms with Crippen LogP contribution in [0.5, 0.6) is 11.5 Å². The Balaban J connectivity index is 1.96. The summed E-state index contributed by atoms with van der Waals surface area (Å²) in [4.78, 5) is 22.6. The van der Waals surface area contributed by atoms with Gasteiger partial charge in [-0.25, -0.2) is 0 Å². The fraction of sp³-hybridized carbons (Fsp3) is 0.120. The lowest BCUT2D eigenvalue weighted by atomic mass is 9.95. The first kappa shape index (κ1) is 20.9. The fourth-order valence-electron chi connectivity index (χ4n) is 3.32. The van der Waals surface area contributed by atoms with Gasteiger partial charge in [0.15, 0.2) is 6.29 Å². The van der Waals surface area contributed by atoms with Crippen molar-refractivity contribution in [1.82, 2.24) is 0 Å². The van der Waals surface area contributed by atoms with Crippen molar-refractivity contribution in [1.29, 1.82) is 0 Å². The van der Waals surface area contributed by atoms with Crippen LogP contribution in [0.15, 0.2) is 54.6 Å². The molecule has 0 aliphatic carbocycles. The Hall–Kier alpha value is -3.86. The van der Waals surface area contributed by atoms with E-state index in [-0.39, 0.29) is 0 Å². The number of carbonyl (C=O) groups excluding carboxylic acids is 2. The van der Waals surface area contributed by atoms with E-state index in [0.717, 1.165) is 34.1 Å². The smallest absolute Gasteiger partial charge is 0.248 e. The maximum atomic E-state index is 11.3. The molecule has 0 bridgehead atoms. The van der Waals surface area contributed by atoms with E-state index in [9.17, 15) is 9.59 Å². The van der Waals surface area contributed by atoms with Gasteiger partial charge in [-0.05, 0) is 59.0 Å². The van der Waals surface area contributed by atoms with Crippen molar-refractivity contribution >= 4 is 24.3 Å². The lowest BCUT2D eigenvalue weighted by Crippen LogP contribution is -2.10. The van der Waals surface area contributed by atoms with Crippen molar-refractivity contribution in [2.45, 2.75) is 6.92 Å². The van der Waals surface area contributed by atoms with Gasteiger partial charge in [0.25, 0.3) is 0 Å². The first-order valence-electron chi connectivity index (χ1n) is 9.37. The molecule has 1 amide bonds. The molecule has 2 N–H and O–H groups in total. The molecule has 30 heavy (non-hydrogen) atoms. The van der Waals surface area contributed by atoms with Crippen molar-refractivity contribution in [3.8, 4) is 22.6 Å². The van der Waals surface area contributed by atoms with Crippen LogP contribution in [-0.4, -0.2) is 26.4 Å². The number of primary amides is 1. The van der Waals surface area contributed by atoms with Gasteiger partial charge in [0.05, 0.1) is 19.8 Å². The molecule has 0 saturated carbocycles. The molecule has 0 fully saturated rings. The van der Waals surface area contributed by atoms with Crippen molar-refractivity contribution in [2.75, 3.05) is 14.2 Å². The fourth-order valence-corrected chi connectivity index (χ4v) is 3.32. The van der Waals surface area contributed by atoms with Gasteiger partial charge in [0.1, 0.15) is 11.5 Å².